The standard InChI is InChI=1S/C32H59N9O/c33-30-23-31(41-17-15-39(16-18-41)13-14-40-19-21-42-22-20-40)38-32(37-30)36-26-29-9-7-28(8-10-29)25-35-12-4-11-34-24-27-5-2-1-3-6-27/h23,27-29,34-35H,1-22,24-26H2,(H3,33,36,37,38)/t28-,29-. The Balaban J connectivity index is 0.923. The van der Waals surface area contributed by atoms with Gasteiger partial charge in [-0.25, -0.2) is 0 Å². The van der Waals surface area contributed by atoms with Crippen LogP contribution >= 0.6 is 0 Å². The molecule has 4 fully saturated rings. The zero-order valence-electron chi connectivity index (χ0n) is 26.2. The predicted molar refractivity (Wildman–Crippen MR) is 173 cm³/mol. The second-order valence-electron chi connectivity index (χ2n) is 13.3. The Labute approximate surface area is 254 Å². The predicted octanol–water partition coefficient (Wildman–Crippen LogP) is 2.88. The second-order valence-corrected chi connectivity index (χ2v) is 13.3. The quantitative estimate of drug-likeness (QED) is 0.230. The Morgan fingerprint density at radius 3 is 1.98 bits per heavy atom. The summed E-state index contributed by atoms with van der Waals surface area (Å²) in [6.07, 6.45) is 13.6. The van der Waals surface area contributed by atoms with Crippen LogP contribution in [0.25, 0.3) is 0 Å². The molecule has 0 unspecified atom stereocenters. The monoisotopic (exact) mass is 585 g/mol. The maximum Gasteiger partial charge on any atom is 0.226 e. The summed E-state index contributed by atoms with van der Waals surface area (Å²) in [7, 11) is 0. The van der Waals surface area contributed by atoms with E-state index in [-0.39, 0.29) is 0 Å². The SMILES string of the molecule is Nc1cc(N2CCN(CCN3CCOCC3)CC2)nc(NC[C@H]2CC[C@H](CNCCCNCC3CCCCC3)CC2)n1. The van der Waals surface area contributed by atoms with Gasteiger partial charge in [-0.1, -0.05) is 19.3 Å². The van der Waals surface area contributed by atoms with Gasteiger partial charge in [-0.05, 0) is 88.9 Å². The van der Waals surface area contributed by atoms with Crippen molar-refractivity contribution >= 4 is 17.6 Å². The van der Waals surface area contributed by atoms with Gasteiger partial charge in [-0.3, -0.25) is 9.80 Å². The lowest BCUT2D eigenvalue weighted by Crippen LogP contribution is -2.49. The van der Waals surface area contributed by atoms with Crippen LogP contribution in [0, 0.1) is 17.8 Å². The van der Waals surface area contributed by atoms with Gasteiger partial charge in [0, 0.05) is 65.0 Å². The summed E-state index contributed by atoms with van der Waals surface area (Å²) in [6.45, 7) is 15.8. The van der Waals surface area contributed by atoms with Gasteiger partial charge in [0.2, 0.25) is 5.95 Å². The van der Waals surface area contributed by atoms with Gasteiger partial charge in [-0.2, -0.15) is 9.97 Å². The minimum Gasteiger partial charge on any atom is -0.383 e. The summed E-state index contributed by atoms with van der Waals surface area (Å²) in [5.74, 6) is 4.63. The highest BCUT2D eigenvalue weighted by atomic mass is 16.5. The van der Waals surface area contributed by atoms with E-state index in [1.807, 2.05) is 6.07 Å². The molecule has 0 bridgehead atoms. The third-order valence-electron chi connectivity index (χ3n) is 10.1. The van der Waals surface area contributed by atoms with Gasteiger partial charge in [-0.15, -0.1) is 0 Å². The first-order valence-corrected chi connectivity index (χ1v) is 17.3. The Hall–Kier alpha value is -1.72. The van der Waals surface area contributed by atoms with E-state index in [1.54, 1.807) is 0 Å². The topological polar surface area (TPSA) is 107 Å². The van der Waals surface area contributed by atoms with E-state index in [4.69, 9.17) is 15.5 Å². The van der Waals surface area contributed by atoms with E-state index >= 15 is 0 Å². The zero-order chi connectivity index (χ0) is 28.8. The number of nitrogens with two attached hydrogens (primary N) is 1. The Kier molecular flexibility index (Phi) is 13.2. The van der Waals surface area contributed by atoms with Gasteiger partial charge < -0.3 is 31.3 Å². The number of nitrogens with zero attached hydrogens (tertiary/aromatic N) is 5. The minimum atomic E-state index is 0.552. The summed E-state index contributed by atoms with van der Waals surface area (Å²) in [5.41, 5.74) is 6.21. The number of rotatable bonds is 15. The molecule has 2 aliphatic heterocycles. The number of anilines is 3. The molecule has 1 aromatic heterocycles. The first-order chi connectivity index (χ1) is 20.7. The maximum absolute atomic E-state index is 6.21. The van der Waals surface area contributed by atoms with E-state index in [0.29, 0.717) is 17.7 Å². The van der Waals surface area contributed by atoms with Crippen LogP contribution in [0.5, 0.6) is 0 Å². The largest absolute Gasteiger partial charge is 0.383 e. The Morgan fingerprint density at radius 1 is 0.714 bits per heavy atom. The van der Waals surface area contributed by atoms with Crippen molar-refractivity contribution in [1.29, 1.82) is 0 Å². The van der Waals surface area contributed by atoms with E-state index in [9.17, 15) is 0 Å². The summed E-state index contributed by atoms with van der Waals surface area (Å²) in [5, 5.41) is 11.0. The molecule has 0 radical (unpaired) electrons. The number of morpholine rings is 1. The number of nitrogen functional groups attached to an aromatic ring is 1. The summed E-state index contributed by atoms with van der Waals surface area (Å²) in [6, 6.07) is 1.93. The molecule has 238 valence electrons. The fourth-order valence-corrected chi connectivity index (χ4v) is 7.22. The lowest BCUT2D eigenvalue weighted by molar-refractivity contribution is 0.0331. The molecule has 5 rings (SSSR count). The smallest absolute Gasteiger partial charge is 0.226 e. The van der Waals surface area contributed by atoms with Crippen molar-refractivity contribution < 1.29 is 4.74 Å². The number of piperazine rings is 1. The molecule has 2 saturated carbocycles. The highest BCUT2D eigenvalue weighted by Gasteiger charge is 2.23. The Bertz CT molecular complexity index is 877. The molecule has 0 aromatic carbocycles. The minimum absolute atomic E-state index is 0.552. The van der Waals surface area contributed by atoms with E-state index in [0.717, 1.165) is 103 Å². The summed E-state index contributed by atoms with van der Waals surface area (Å²) >= 11 is 0. The molecule has 10 heteroatoms. The van der Waals surface area contributed by atoms with Crippen LogP contribution in [0.1, 0.15) is 64.2 Å². The average Bonchev–Trinajstić information content (AvgIpc) is 3.04. The molecule has 0 atom stereocenters. The van der Waals surface area contributed by atoms with Crippen molar-refractivity contribution in [2.24, 2.45) is 17.8 Å². The molecule has 4 aliphatic rings. The molecule has 1 aromatic rings. The van der Waals surface area contributed by atoms with Crippen molar-refractivity contribution in [3.63, 3.8) is 0 Å². The first kappa shape index (κ1) is 31.7. The highest BCUT2D eigenvalue weighted by molar-refractivity contribution is 5.51. The number of aromatic nitrogens is 2. The summed E-state index contributed by atoms with van der Waals surface area (Å²) < 4.78 is 5.47. The average molecular weight is 586 g/mol. The lowest BCUT2D eigenvalue weighted by Gasteiger charge is -2.37. The fraction of sp³-hybridized carbons (Fsp3) is 0.875. The van der Waals surface area contributed by atoms with E-state index in [2.05, 4.69) is 35.6 Å². The van der Waals surface area contributed by atoms with Crippen LogP contribution in [0.15, 0.2) is 6.07 Å². The van der Waals surface area contributed by atoms with Crippen LogP contribution in [0.4, 0.5) is 17.6 Å². The van der Waals surface area contributed by atoms with Gasteiger partial charge in [0.1, 0.15) is 11.6 Å². The van der Waals surface area contributed by atoms with Crippen molar-refractivity contribution in [3.8, 4) is 0 Å². The van der Waals surface area contributed by atoms with Crippen molar-refractivity contribution in [3.05, 3.63) is 6.07 Å². The normalized spacial score (nSPS) is 25.1. The maximum atomic E-state index is 6.21. The Morgan fingerprint density at radius 2 is 1.31 bits per heavy atom. The molecule has 5 N–H and O–H groups in total. The van der Waals surface area contributed by atoms with Gasteiger partial charge in [0.25, 0.3) is 0 Å². The third kappa shape index (κ3) is 10.8. The van der Waals surface area contributed by atoms with Crippen molar-refractivity contribution in [2.45, 2.75) is 64.2 Å². The zero-order valence-corrected chi connectivity index (χ0v) is 26.2. The van der Waals surface area contributed by atoms with Crippen molar-refractivity contribution in [2.75, 3.05) is 114 Å². The van der Waals surface area contributed by atoms with Crippen LogP contribution < -0.4 is 26.6 Å². The van der Waals surface area contributed by atoms with Gasteiger partial charge in [0.05, 0.1) is 13.2 Å². The molecular formula is C32H59N9O. The molecule has 10 nitrogen and oxygen atoms in total. The van der Waals surface area contributed by atoms with Crippen molar-refractivity contribution in [1.82, 2.24) is 30.4 Å². The van der Waals surface area contributed by atoms with Crippen LogP contribution in [-0.2, 0) is 4.74 Å². The van der Waals surface area contributed by atoms with Gasteiger partial charge in [0.15, 0.2) is 0 Å². The third-order valence-corrected chi connectivity index (χ3v) is 10.1. The number of hydrogen-bond acceptors (Lipinski definition) is 10. The van der Waals surface area contributed by atoms with Gasteiger partial charge >= 0.3 is 0 Å². The van der Waals surface area contributed by atoms with E-state index in [1.165, 1.54) is 77.3 Å². The van der Waals surface area contributed by atoms with E-state index < -0.39 is 0 Å². The fourth-order valence-electron chi connectivity index (χ4n) is 7.22. The molecule has 0 amide bonds. The summed E-state index contributed by atoms with van der Waals surface area (Å²) in [4.78, 5) is 16.8. The number of ether oxygens (including phenoxy) is 1. The molecule has 2 saturated heterocycles. The van der Waals surface area contributed by atoms with Crippen LogP contribution in [0.2, 0.25) is 0 Å². The molecule has 2 aliphatic carbocycles. The van der Waals surface area contributed by atoms with Crippen LogP contribution in [0.3, 0.4) is 0 Å². The first-order valence-electron chi connectivity index (χ1n) is 17.3. The lowest BCUT2D eigenvalue weighted by atomic mass is 9.82. The highest BCUT2D eigenvalue weighted by Crippen LogP contribution is 2.29. The second kappa shape index (κ2) is 17.5. The van der Waals surface area contributed by atoms with Crippen LogP contribution in [-0.4, -0.2) is 118 Å². The number of nitrogens with one attached hydrogen (secondary N) is 3. The molecule has 0 spiro atoms. The molecule has 3 heterocycles. The molecule has 42 heavy (non-hydrogen) atoms. The molecular weight excluding hydrogens is 526 g/mol. The number of hydrogen-bond donors (Lipinski definition) is 4.